The van der Waals surface area contributed by atoms with E-state index in [0.717, 1.165) is 16.6 Å². The number of benzene rings is 1. The number of hydrogen-bond donors (Lipinski definition) is 0. The van der Waals surface area contributed by atoms with E-state index in [1.165, 1.54) is 13.2 Å². The van der Waals surface area contributed by atoms with Gasteiger partial charge in [0.2, 0.25) is 0 Å². The summed E-state index contributed by atoms with van der Waals surface area (Å²) in [5, 5.41) is 1.88. The monoisotopic (exact) mass is 338 g/mol. The highest BCUT2D eigenvalue weighted by atomic mass is 35.5. The van der Waals surface area contributed by atoms with E-state index in [2.05, 4.69) is 4.98 Å². The zero-order valence-corrected chi connectivity index (χ0v) is 13.5. The van der Waals surface area contributed by atoms with E-state index in [0.29, 0.717) is 22.3 Å². The maximum Gasteiger partial charge on any atom is 0.167 e. The van der Waals surface area contributed by atoms with Gasteiger partial charge in [-0.05, 0) is 25.1 Å². The Morgan fingerprint density at radius 2 is 2.00 bits per heavy atom. The summed E-state index contributed by atoms with van der Waals surface area (Å²) in [4.78, 5) is 4.25. The van der Waals surface area contributed by atoms with Crippen LogP contribution in [0.25, 0.3) is 10.9 Å². The molecule has 3 rings (SSSR count). The van der Waals surface area contributed by atoms with Crippen LogP contribution in [0.3, 0.4) is 0 Å². The van der Waals surface area contributed by atoms with Gasteiger partial charge in [-0.3, -0.25) is 4.98 Å². The molecule has 3 nitrogen and oxygen atoms in total. The molecular weight excluding hydrogens is 326 g/mol. The van der Waals surface area contributed by atoms with Crippen molar-refractivity contribution in [2.45, 2.75) is 13.5 Å². The third-order valence-corrected chi connectivity index (χ3v) is 4.11. The van der Waals surface area contributed by atoms with Gasteiger partial charge in [0, 0.05) is 23.3 Å². The molecule has 114 valence electrons. The smallest absolute Gasteiger partial charge is 0.167 e. The van der Waals surface area contributed by atoms with Crippen LogP contribution in [0.15, 0.2) is 30.5 Å². The van der Waals surface area contributed by atoms with E-state index < -0.39 is 5.82 Å². The maximum absolute atomic E-state index is 14.0. The van der Waals surface area contributed by atoms with E-state index in [1.807, 2.05) is 17.6 Å². The van der Waals surface area contributed by atoms with Crippen LogP contribution in [0.4, 0.5) is 4.39 Å². The van der Waals surface area contributed by atoms with Gasteiger partial charge in [0.25, 0.3) is 0 Å². The number of nitrogens with zero attached hydrogens (tertiary/aromatic N) is 2. The van der Waals surface area contributed by atoms with E-state index in [1.54, 1.807) is 18.3 Å². The first-order chi connectivity index (χ1) is 10.5. The maximum atomic E-state index is 14.0. The number of pyridine rings is 1. The van der Waals surface area contributed by atoms with Crippen molar-refractivity contribution in [1.82, 2.24) is 9.55 Å². The van der Waals surface area contributed by atoms with Gasteiger partial charge in [0.1, 0.15) is 0 Å². The summed E-state index contributed by atoms with van der Waals surface area (Å²) in [5.74, 6) is -0.170. The molecule has 3 aromatic rings. The Kier molecular flexibility index (Phi) is 3.98. The van der Waals surface area contributed by atoms with Crippen molar-refractivity contribution < 1.29 is 9.13 Å². The Labute approximate surface area is 137 Å². The number of aryl methyl sites for hydroxylation is 1. The van der Waals surface area contributed by atoms with Gasteiger partial charge >= 0.3 is 0 Å². The van der Waals surface area contributed by atoms with Gasteiger partial charge in [0.15, 0.2) is 11.6 Å². The highest BCUT2D eigenvalue weighted by Crippen LogP contribution is 2.29. The van der Waals surface area contributed by atoms with Gasteiger partial charge < -0.3 is 9.30 Å². The summed E-state index contributed by atoms with van der Waals surface area (Å²) in [5.41, 5.74) is 2.43. The van der Waals surface area contributed by atoms with Crippen LogP contribution in [0, 0.1) is 12.7 Å². The van der Waals surface area contributed by atoms with Crippen LogP contribution in [0.1, 0.15) is 11.4 Å². The number of rotatable bonds is 3. The minimum absolute atomic E-state index is 0.229. The zero-order chi connectivity index (χ0) is 15.9. The van der Waals surface area contributed by atoms with Crippen LogP contribution in [-0.2, 0) is 6.54 Å². The van der Waals surface area contributed by atoms with Crippen molar-refractivity contribution in [3.8, 4) is 5.75 Å². The molecular formula is C16H13Cl2FN2O. The summed E-state index contributed by atoms with van der Waals surface area (Å²) >= 11 is 12.0. The summed E-state index contributed by atoms with van der Waals surface area (Å²) in [6, 6.07) is 6.77. The Bertz CT molecular complexity index is 861. The lowest BCUT2D eigenvalue weighted by Gasteiger charge is -2.10. The van der Waals surface area contributed by atoms with Crippen LogP contribution in [0.5, 0.6) is 5.75 Å². The average Bonchev–Trinajstić information content (AvgIpc) is 2.76. The second kappa shape index (κ2) is 5.78. The van der Waals surface area contributed by atoms with E-state index in [9.17, 15) is 4.39 Å². The molecule has 1 aromatic carbocycles. The molecule has 0 radical (unpaired) electrons. The molecule has 0 aliphatic rings. The van der Waals surface area contributed by atoms with Crippen LogP contribution < -0.4 is 4.74 Å². The Hall–Kier alpha value is -1.78. The molecule has 0 aliphatic heterocycles. The molecule has 2 aromatic heterocycles. The van der Waals surface area contributed by atoms with Gasteiger partial charge in [0.05, 0.1) is 34.9 Å². The quantitative estimate of drug-likeness (QED) is 0.682. The fourth-order valence-corrected chi connectivity index (χ4v) is 2.92. The SMILES string of the molecule is COc1cc2cc(C)n(Cc3ncc(Cl)cc3Cl)c2cc1F. The summed E-state index contributed by atoms with van der Waals surface area (Å²) < 4.78 is 21.0. The van der Waals surface area contributed by atoms with Crippen molar-refractivity contribution >= 4 is 34.1 Å². The first-order valence-electron chi connectivity index (χ1n) is 6.63. The normalized spacial score (nSPS) is 11.1. The van der Waals surface area contributed by atoms with Crippen molar-refractivity contribution in [2.75, 3.05) is 7.11 Å². The second-order valence-corrected chi connectivity index (χ2v) is 5.84. The van der Waals surface area contributed by atoms with Gasteiger partial charge in [-0.15, -0.1) is 0 Å². The van der Waals surface area contributed by atoms with E-state index >= 15 is 0 Å². The second-order valence-electron chi connectivity index (χ2n) is 5.00. The third-order valence-electron chi connectivity index (χ3n) is 3.57. The number of fused-ring (bicyclic) bond motifs is 1. The largest absolute Gasteiger partial charge is 0.494 e. The Morgan fingerprint density at radius 1 is 1.23 bits per heavy atom. The minimum Gasteiger partial charge on any atom is -0.494 e. The topological polar surface area (TPSA) is 27.1 Å². The van der Waals surface area contributed by atoms with Gasteiger partial charge in [-0.2, -0.15) is 0 Å². The minimum atomic E-state index is -0.399. The predicted octanol–water partition coefficient (Wildman–Crippen LogP) is 4.85. The summed E-state index contributed by atoms with van der Waals surface area (Å²) in [6.07, 6.45) is 1.55. The predicted molar refractivity (Wildman–Crippen MR) is 86.5 cm³/mol. The molecule has 0 fully saturated rings. The van der Waals surface area contributed by atoms with Crippen LogP contribution >= 0.6 is 23.2 Å². The molecule has 0 amide bonds. The molecule has 0 aliphatic carbocycles. The van der Waals surface area contributed by atoms with Crippen LogP contribution in [0.2, 0.25) is 10.0 Å². The molecule has 0 atom stereocenters. The van der Waals surface area contributed by atoms with Gasteiger partial charge in [-0.25, -0.2) is 4.39 Å². The highest BCUT2D eigenvalue weighted by Gasteiger charge is 2.13. The first-order valence-corrected chi connectivity index (χ1v) is 7.38. The molecule has 0 spiro atoms. The standard InChI is InChI=1S/C16H13Cl2FN2O/c1-9-3-10-4-16(22-2)13(19)6-15(10)21(9)8-14-12(18)5-11(17)7-20-14/h3-7H,8H2,1-2H3. The molecule has 0 N–H and O–H groups in total. The lowest BCUT2D eigenvalue weighted by atomic mass is 10.2. The molecule has 0 saturated heterocycles. The number of ether oxygens (including phenoxy) is 1. The molecule has 2 heterocycles. The van der Waals surface area contributed by atoms with Gasteiger partial charge in [-0.1, -0.05) is 23.2 Å². The fraction of sp³-hybridized carbons (Fsp3) is 0.188. The molecule has 22 heavy (non-hydrogen) atoms. The molecule has 0 unspecified atom stereocenters. The average molecular weight is 339 g/mol. The van der Waals surface area contributed by atoms with Crippen molar-refractivity contribution in [3.63, 3.8) is 0 Å². The number of hydrogen-bond acceptors (Lipinski definition) is 2. The van der Waals surface area contributed by atoms with Crippen molar-refractivity contribution in [3.05, 3.63) is 57.7 Å². The number of halogens is 3. The molecule has 6 heteroatoms. The number of aromatic nitrogens is 2. The van der Waals surface area contributed by atoms with Crippen molar-refractivity contribution in [2.24, 2.45) is 0 Å². The fourth-order valence-electron chi connectivity index (χ4n) is 2.48. The lowest BCUT2D eigenvalue weighted by molar-refractivity contribution is 0.387. The van der Waals surface area contributed by atoms with E-state index in [-0.39, 0.29) is 5.75 Å². The Balaban J connectivity index is 2.10. The molecule has 0 bridgehead atoms. The highest BCUT2D eigenvalue weighted by molar-refractivity contribution is 6.34. The zero-order valence-electron chi connectivity index (χ0n) is 12.0. The summed E-state index contributed by atoms with van der Waals surface area (Å²) in [6.45, 7) is 2.39. The van der Waals surface area contributed by atoms with Crippen LogP contribution in [-0.4, -0.2) is 16.7 Å². The molecule has 0 saturated carbocycles. The van der Waals surface area contributed by atoms with E-state index in [4.69, 9.17) is 27.9 Å². The van der Waals surface area contributed by atoms with Crippen molar-refractivity contribution in [1.29, 1.82) is 0 Å². The Morgan fingerprint density at radius 3 is 2.68 bits per heavy atom. The lowest BCUT2D eigenvalue weighted by Crippen LogP contribution is -2.04. The number of methoxy groups -OCH3 is 1. The first kappa shape index (κ1) is 15.1. The third kappa shape index (κ3) is 2.64. The summed E-state index contributed by atoms with van der Waals surface area (Å²) in [7, 11) is 1.45.